The molecule has 3 N–H and O–H groups in total. The molecule has 0 aliphatic rings. The zero-order valence-corrected chi connectivity index (χ0v) is 7.77. The largest absolute Gasteiger partial charge is 0.491 e. The van der Waals surface area contributed by atoms with Gasteiger partial charge >= 0.3 is 0 Å². The van der Waals surface area contributed by atoms with Crippen LogP contribution in [0.4, 0.5) is 0 Å². The summed E-state index contributed by atoms with van der Waals surface area (Å²) >= 11 is 0. The molecular weight excluding hydrogens is 182 g/mol. The lowest BCUT2D eigenvalue weighted by Crippen LogP contribution is -2.13. The Morgan fingerprint density at radius 1 is 1.36 bits per heavy atom. The zero-order chi connectivity index (χ0) is 10.4. The summed E-state index contributed by atoms with van der Waals surface area (Å²) in [4.78, 5) is 11.1. The van der Waals surface area contributed by atoms with E-state index in [9.17, 15) is 4.79 Å². The van der Waals surface area contributed by atoms with E-state index in [4.69, 9.17) is 15.6 Å². The SMILES string of the molecule is NCC(=O)c1ccc(OCCO)cc1. The minimum absolute atomic E-state index is 0.0108. The van der Waals surface area contributed by atoms with Crippen LogP contribution in [0.15, 0.2) is 24.3 Å². The van der Waals surface area contributed by atoms with E-state index in [1.165, 1.54) is 0 Å². The maximum absolute atomic E-state index is 11.1. The molecule has 0 radical (unpaired) electrons. The van der Waals surface area contributed by atoms with Crippen molar-refractivity contribution in [2.75, 3.05) is 19.8 Å². The van der Waals surface area contributed by atoms with E-state index in [1.807, 2.05) is 0 Å². The summed E-state index contributed by atoms with van der Waals surface area (Å²) < 4.78 is 5.13. The van der Waals surface area contributed by atoms with Crippen LogP contribution in [0.1, 0.15) is 10.4 Å². The van der Waals surface area contributed by atoms with Crippen molar-refractivity contribution in [1.29, 1.82) is 0 Å². The zero-order valence-electron chi connectivity index (χ0n) is 7.77. The summed E-state index contributed by atoms with van der Waals surface area (Å²) in [5.74, 6) is 0.534. The Kier molecular flexibility index (Phi) is 4.10. The lowest BCUT2D eigenvalue weighted by molar-refractivity contribution is 0.100. The first-order valence-electron chi connectivity index (χ1n) is 4.35. The first-order chi connectivity index (χ1) is 6.77. The molecule has 0 heterocycles. The monoisotopic (exact) mass is 195 g/mol. The predicted molar refractivity (Wildman–Crippen MR) is 52.4 cm³/mol. The number of aliphatic hydroxyl groups is 1. The number of carbonyl (C=O) groups excluding carboxylic acids is 1. The molecule has 0 unspecified atom stereocenters. The van der Waals surface area contributed by atoms with E-state index in [2.05, 4.69) is 0 Å². The third-order valence-electron chi connectivity index (χ3n) is 1.72. The van der Waals surface area contributed by atoms with Gasteiger partial charge in [-0.1, -0.05) is 0 Å². The molecule has 0 spiro atoms. The second-order valence-electron chi connectivity index (χ2n) is 2.72. The van der Waals surface area contributed by atoms with Crippen LogP contribution in [0.5, 0.6) is 5.75 Å². The van der Waals surface area contributed by atoms with Crippen LogP contribution >= 0.6 is 0 Å². The van der Waals surface area contributed by atoms with E-state index in [0.29, 0.717) is 11.3 Å². The van der Waals surface area contributed by atoms with Gasteiger partial charge in [0.25, 0.3) is 0 Å². The van der Waals surface area contributed by atoms with Crippen LogP contribution in [0.3, 0.4) is 0 Å². The average Bonchev–Trinajstić information content (AvgIpc) is 2.26. The molecule has 0 bridgehead atoms. The van der Waals surface area contributed by atoms with Gasteiger partial charge in [-0.3, -0.25) is 4.79 Å². The number of benzene rings is 1. The summed E-state index contributed by atoms with van der Waals surface area (Å²) in [5, 5.41) is 8.51. The van der Waals surface area contributed by atoms with Crippen LogP contribution in [0.2, 0.25) is 0 Å². The highest BCUT2D eigenvalue weighted by atomic mass is 16.5. The Balaban J connectivity index is 2.63. The highest BCUT2D eigenvalue weighted by molar-refractivity contribution is 5.97. The molecule has 0 atom stereocenters. The summed E-state index contributed by atoms with van der Waals surface area (Å²) in [6, 6.07) is 6.67. The molecule has 14 heavy (non-hydrogen) atoms. The van der Waals surface area contributed by atoms with Crippen LogP contribution in [-0.4, -0.2) is 30.6 Å². The lowest BCUT2D eigenvalue weighted by Gasteiger charge is -2.04. The first-order valence-corrected chi connectivity index (χ1v) is 4.35. The Morgan fingerprint density at radius 2 is 2.00 bits per heavy atom. The lowest BCUT2D eigenvalue weighted by atomic mass is 10.1. The minimum atomic E-state index is -0.0984. The number of ether oxygens (including phenoxy) is 1. The molecule has 1 rings (SSSR count). The Morgan fingerprint density at radius 3 is 2.50 bits per heavy atom. The fraction of sp³-hybridized carbons (Fsp3) is 0.300. The number of hydrogen-bond donors (Lipinski definition) is 2. The molecule has 0 aliphatic heterocycles. The van der Waals surface area contributed by atoms with Crippen molar-refractivity contribution in [1.82, 2.24) is 0 Å². The Bertz CT molecular complexity index is 295. The maximum atomic E-state index is 11.1. The number of rotatable bonds is 5. The predicted octanol–water partition coefficient (Wildman–Crippen LogP) is 0.199. The molecule has 1 aromatic carbocycles. The number of Topliss-reactive ketones (excluding diaryl/α,β-unsaturated/α-hetero) is 1. The molecule has 0 saturated carbocycles. The number of carbonyl (C=O) groups is 1. The molecule has 0 saturated heterocycles. The molecule has 4 nitrogen and oxygen atoms in total. The number of aliphatic hydroxyl groups excluding tert-OH is 1. The summed E-state index contributed by atoms with van der Waals surface area (Å²) in [5.41, 5.74) is 5.78. The van der Waals surface area contributed by atoms with E-state index in [-0.39, 0.29) is 25.5 Å². The number of ketones is 1. The van der Waals surface area contributed by atoms with Gasteiger partial charge in [0.05, 0.1) is 13.2 Å². The summed E-state index contributed by atoms with van der Waals surface area (Å²) in [6.45, 7) is 0.241. The highest BCUT2D eigenvalue weighted by Gasteiger charge is 2.02. The molecule has 4 heteroatoms. The molecule has 1 aromatic rings. The van der Waals surface area contributed by atoms with Crippen LogP contribution in [0.25, 0.3) is 0 Å². The Labute approximate surface area is 82.3 Å². The third kappa shape index (κ3) is 2.83. The molecule has 0 fully saturated rings. The quantitative estimate of drug-likeness (QED) is 0.658. The fourth-order valence-electron chi connectivity index (χ4n) is 1.02. The fourth-order valence-corrected chi connectivity index (χ4v) is 1.02. The van der Waals surface area contributed by atoms with Crippen LogP contribution in [-0.2, 0) is 0 Å². The van der Waals surface area contributed by atoms with Gasteiger partial charge in [0.15, 0.2) is 5.78 Å². The summed E-state index contributed by atoms with van der Waals surface area (Å²) in [6.07, 6.45) is 0. The van der Waals surface area contributed by atoms with E-state index >= 15 is 0 Å². The molecule has 0 amide bonds. The number of hydrogen-bond acceptors (Lipinski definition) is 4. The van der Waals surface area contributed by atoms with Crippen LogP contribution in [0, 0.1) is 0 Å². The van der Waals surface area contributed by atoms with Gasteiger partial charge in [-0.2, -0.15) is 0 Å². The van der Waals surface area contributed by atoms with Gasteiger partial charge < -0.3 is 15.6 Å². The van der Waals surface area contributed by atoms with Gasteiger partial charge in [0, 0.05) is 5.56 Å². The van der Waals surface area contributed by atoms with Crippen molar-refractivity contribution < 1.29 is 14.6 Å². The average molecular weight is 195 g/mol. The van der Waals surface area contributed by atoms with Crippen LogP contribution < -0.4 is 10.5 Å². The molecule has 0 aliphatic carbocycles. The minimum Gasteiger partial charge on any atom is -0.491 e. The Hall–Kier alpha value is -1.39. The van der Waals surface area contributed by atoms with Gasteiger partial charge in [-0.15, -0.1) is 0 Å². The number of nitrogens with two attached hydrogens (primary N) is 1. The molecular formula is C10H13NO3. The van der Waals surface area contributed by atoms with Crippen molar-refractivity contribution in [2.45, 2.75) is 0 Å². The first kappa shape index (κ1) is 10.7. The van der Waals surface area contributed by atoms with E-state index in [1.54, 1.807) is 24.3 Å². The van der Waals surface area contributed by atoms with Gasteiger partial charge in [0.2, 0.25) is 0 Å². The van der Waals surface area contributed by atoms with Gasteiger partial charge in [0.1, 0.15) is 12.4 Å². The van der Waals surface area contributed by atoms with Gasteiger partial charge in [-0.25, -0.2) is 0 Å². The molecule has 0 aromatic heterocycles. The van der Waals surface area contributed by atoms with Crippen molar-refractivity contribution in [3.63, 3.8) is 0 Å². The second-order valence-corrected chi connectivity index (χ2v) is 2.72. The van der Waals surface area contributed by atoms with E-state index < -0.39 is 0 Å². The normalized spacial score (nSPS) is 9.86. The standard InChI is InChI=1S/C10H13NO3/c11-7-10(13)8-1-3-9(4-2-8)14-6-5-12/h1-4,12H,5-7,11H2. The smallest absolute Gasteiger partial charge is 0.176 e. The van der Waals surface area contributed by atoms with Crippen molar-refractivity contribution in [3.05, 3.63) is 29.8 Å². The van der Waals surface area contributed by atoms with Crippen molar-refractivity contribution >= 4 is 5.78 Å². The van der Waals surface area contributed by atoms with E-state index in [0.717, 1.165) is 0 Å². The maximum Gasteiger partial charge on any atom is 0.176 e. The second kappa shape index (κ2) is 5.36. The van der Waals surface area contributed by atoms with Crippen molar-refractivity contribution in [3.8, 4) is 5.75 Å². The topological polar surface area (TPSA) is 72.6 Å². The van der Waals surface area contributed by atoms with Crippen molar-refractivity contribution in [2.24, 2.45) is 5.73 Å². The summed E-state index contributed by atoms with van der Waals surface area (Å²) in [7, 11) is 0. The molecule has 76 valence electrons. The van der Waals surface area contributed by atoms with Gasteiger partial charge in [-0.05, 0) is 24.3 Å². The third-order valence-corrected chi connectivity index (χ3v) is 1.72. The highest BCUT2D eigenvalue weighted by Crippen LogP contribution is 2.11.